The molecule has 3 nitrogen and oxygen atoms in total. The summed E-state index contributed by atoms with van der Waals surface area (Å²) in [7, 11) is 4.03. The van der Waals surface area contributed by atoms with Crippen molar-refractivity contribution in [3.8, 4) is 0 Å². The highest BCUT2D eigenvalue weighted by Crippen LogP contribution is 2.18. The molecule has 0 aliphatic rings. The SMILES string of the molecule is CC(C)CN(CCN(C)C)CC(N)c1cc(F)ccc1F. The van der Waals surface area contributed by atoms with Gasteiger partial charge in [0.05, 0.1) is 0 Å². The van der Waals surface area contributed by atoms with Crippen LogP contribution in [0.3, 0.4) is 0 Å². The van der Waals surface area contributed by atoms with Gasteiger partial charge in [0.1, 0.15) is 11.6 Å². The zero-order valence-corrected chi connectivity index (χ0v) is 13.4. The van der Waals surface area contributed by atoms with E-state index in [1.807, 2.05) is 14.1 Å². The van der Waals surface area contributed by atoms with Crippen molar-refractivity contribution >= 4 is 0 Å². The molecule has 0 amide bonds. The van der Waals surface area contributed by atoms with Crippen molar-refractivity contribution in [2.45, 2.75) is 19.9 Å². The zero-order chi connectivity index (χ0) is 16.0. The van der Waals surface area contributed by atoms with E-state index < -0.39 is 17.7 Å². The Hall–Kier alpha value is -1.04. The highest BCUT2D eigenvalue weighted by atomic mass is 19.1. The lowest BCUT2D eigenvalue weighted by molar-refractivity contribution is 0.207. The van der Waals surface area contributed by atoms with Gasteiger partial charge in [-0.1, -0.05) is 13.8 Å². The molecule has 1 unspecified atom stereocenters. The summed E-state index contributed by atoms with van der Waals surface area (Å²) in [6.45, 7) is 7.44. The number of benzene rings is 1. The fourth-order valence-electron chi connectivity index (χ4n) is 2.29. The number of hydrogen-bond acceptors (Lipinski definition) is 3. The predicted octanol–water partition coefficient (Wildman–Crippen LogP) is 2.48. The van der Waals surface area contributed by atoms with E-state index in [-0.39, 0.29) is 5.56 Å². The van der Waals surface area contributed by atoms with E-state index in [2.05, 4.69) is 23.6 Å². The molecule has 1 rings (SSSR count). The quantitative estimate of drug-likeness (QED) is 0.800. The third kappa shape index (κ3) is 6.50. The van der Waals surface area contributed by atoms with Gasteiger partial charge in [0, 0.05) is 37.8 Å². The van der Waals surface area contributed by atoms with Gasteiger partial charge >= 0.3 is 0 Å². The Balaban J connectivity index is 2.73. The maximum Gasteiger partial charge on any atom is 0.128 e. The van der Waals surface area contributed by atoms with Crippen LogP contribution >= 0.6 is 0 Å². The Morgan fingerprint density at radius 2 is 1.76 bits per heavy atom. The third-order valence-electron chi connectivity index (χ3n) is 3.30. The van der Waals surface area contributed by atoms with Crippen molar-refractivity contribution in [1.29, 1.82) is 0 Å². The number of hydrogen-bond donors (Lipinski definition) is 1. The van der Waals surface area contributed by atoms with Crippen LogP contribution in [0.15, 0.2) is 18.2 Å². The molecule has 0 saturated heterocycles. The molecular formula is C16H27F2N3. The van der Waals surface area contributed by atoms with E-state index in [9.17, 15) is 8.78 Å². The van der Waals surface area contributed by atoms with Crippen molar-refractivity contribution in [2.75, 3.05) is 40.3 Å². The molecule has 2 N–H and O–H groups in total. The normalized spacial score (nSPS) is 13.4. The number of likely N-dealkylation sites (N-methyl/N-ethyl adjacent to an activating group) is 1. The molecule has 0 heterocycles. The lowest BCUT2D eigenvalue weighted by Crippen LogP contribution is -2.39. The van der Waals surface area contributed by atoms with Crippen LogP contribution in [-0.4, -0.2) is 50.1 Å². The average molecular weight is 299 g/mol. The molecule has 0 spiro atoms. The van der Waals surface area contributed by atoms with Crippen molar-refractivity contribution in [2.24, 2.45) is 11.7 Å². The summed E-state index contributed by atoms with van der Waals surface area (Å²) in [5, 5.41) is 0. The second-order valence-electron chi connectivity index (χ2n) is 6.23. The molecule has 0 fully saturated rings. The van der Waals surface area contributed by atoms with Crippen molar-refractivity contribution in [1.82, 2.24) is 9.80 Å². The molecule has 0 aromatic heterocycles. The second kappa shape index (κ2) is 8.41. The Morgan fingerprint density at radius 1 is 1.10 bits per heavy atom. The lowest BCUT2D eigenvalue weighted by Gasteiger charge is -2.28. The number of nitrogens with two attached hydrogens (primary N) is 1. The molecule has 1 aromatic rings. The Morgan fingerprint density at radius 3 is 2.33 bits per heavy atom. The molecule has 1 atom stereocenters. The molecule has 21 heavy (non-hydrogen) atoms. The van der Waals surface area contributed by atoms with Crippen LogP contribution in [0.5, 0.6) is 0 Å². The molecule has 5 heteroatoms. The first-order chi connectivity index (χ1) is 9.79. The third-order valence-corrected chi connectivity index (χ3v) is 3.30. The van der Waals surface area contributed by atoms with Crippen LogP contribution in [0.2, 0.25) is 0 Å². The summed E-state index contributed by atoms with van der Waals surface area (Å²) in [5.74, 6) is -0.400. The predicted molar refractivity (Wildman–Crippen MR) is 83.1 cm³/mol. The van der Waals surface area contributed by atoms with Crippen LogP contribution in [0, 0.1) is 17.6 Å². The summed E-state index contributed by atoms with van der Waals surface area (Å²) < 4.78 is 27.0. The van der Waals surface area contributed by atoms with Crippen LogP contribution in [0.25, 0.3) is 0 Å². The van der Waals surface area contributed by atoms with Crippen molar-refractivity contribution in [3.05, 3.63) is 35.4 Å². The number of nitrogens with zero attached hydrogens (tertiary/aromatic N) is 2. The first-order valence-corrected chi connectivity index (χ1v) is 7.37. The molecule has 120 valence electrons. The summed E-state index contributed by atoms with van der Waals surface area (Å²) in [5.41, 5.74) is 6.33. The molecular weight excluding hydrogens is 272 g/mol. The summed E-state index contributed by atoms with van der Waals surface area (Å²) in [6, 6.07) is 2.92. The van der Waals surface area contributed by atoms with Crippen molar-refractivity contribution < 1.29 is 8.78 Å². The standard InChI is InChI=1S/C16H27F2N3/c1-12(2)10-21(8-7-20(3)4)11-16(19)14-9-13(17)5-6-15(14)18/h5-6,9,12,16H,7-8,10-11,19H2,1-4H3. The smallest absolute Gasteiger partial charge is 0.128 e. The zero-order valence-electron chi connectivity index (χ0n) is 13.4. The van der Waals surface area contributed by atoms with E-state index in [0.717, 1.165) is 31.8 Å². The summed E-state index contributed by atoms with van der Waals surface area (Å²) in [6.07, 6.45) is 0. The van der Waals surface area contributed by atoms with Crippen molar-refractivity contribution in [3.63, 3.8) is 0 Å². The van der Waals surface area contributed by atoms with Gasteiger partial charge in [-0.25, -0.2) is 8.78 Å². The fraction of sp³-hybridized carbons (Fsp3) is 0.625. The Kier molecular flexibility index (Phi) is 7.22. The lowest BCUT2D eigenvalue weighted by atomic mass is 10.1. The number of halogens is 2. The second-order valence-corrected chi connectivity index (χ2v) is 6.23. The van der Waals surface area contributed by atoms with Gasteiger partial charge < -0.3 is 10.6 Å². The van der Waals surface area contributed by atoms with Gasteiger partial charge in [-0.15, -0.1) is 0 Å². The fourth-order valence-corrected chi connectivity index (χ4v) is 2.29. The highest BCUT2D eigenvalue weighted by Gasteiger charge is 2.17. The summed E-state index contributed by atoms with van der Waals surface area (Å²) in [4.78, 5) is 4.31. The van der Waals surface area contributed by atoms with Gasteiger partial charge in [-0.05, 0) is 38.2 Å². The average Bonchev–Trinajstić information content (AvgIpc) is 2.38. The van der Waals surface area contributed by atoms with Gasteiger partial charge in [-0.2, -0.15) is 0 Å². The van der Waals surface area contributed by atoms with Gasteiger partial charge in [0.15, 0.2) is 0 Å². The molecule has 0 bridgehead atoms. The first-order valence-electron chi connectivity index (χ1n) is 7.37. The monoisotopic (exact) mass is 299 g/mol. The van der Waals surface area contributed by atoms with E-state index in [1.54, 1.807) is 0 Å². The highest BCUT2D eigenvalue weighted by molar-refractivity contribution is 5.22. The Labute approximate surface area is 126 Å². The van der Waals surface area contributed by atoms with Gasteiger partial charge in [-0.3, -0.25) is 4.90 Å². The Bertz CT molecular complexity index is 436. The molecule has 0 radical (unpaired) electrons. The summed E-state index contributed by atoms with van der Waals surface area (Å²) >= 11 is 0. The van der Waals surface area contributed by atoms with Gasteiger partial charge in [0.25, 0.3) is 0 Å². The van der Waals surface area contributed by atoms with E-state index in [1.165, 1.54) is 6.07 Å². The minimum Gasteiger partial charge on any atom is -0.323 e. The molecule has 0 aliphatic heterocycles. The minimum atomic E-state index is -0.526. The van der Waals surface area contributed by atoms with Crippen LogP contribution in [0.4, 0.5) is 8.78 Å². The van der Waals surface area contributed by atoms with Crippen LogP contribution in [-0.2, 0) is 0 Å². The van der Waals surface area contributed by atoms with E-state index in [0.29, 0.717) is 12.5 Å². The number of rotatable bonds is 8. The molecule has 1 aromatic carbocycles. The van der Waals surface area contributed by atoms with Gasteiger partial charge in [0.2, 0.25) is 0 Å². The maximum absolute atomic E-state index is 13.8. The topological polar surface area (TPSA) is 32.5 Å². The molecule has 0 saturated carbocycles. The van der Waals surface area contributed by atoms with Crippen LogP contribution in [0.1, 0.15) is 25.5 Å². The molecule has 0 aliphatic carbocycles. The van der Waals surface area contributed by atoms with E-state index >= 15 is 0 Å². The maximum atomic E-state index is 13.8. The minimum absolute atomic E-state index is 0.244. The largest absolute Gasteiger partial charge is 0.323 e. The van der Waals surface area contributed by atoms with E-state index in [4.69, 9.17) is 5.73 Å². The van der Waals surface area contributed by atoms with Crippen LogP contribution < -0.4 is 5.73 Å². The first kappa shape index (κ1) is 18.0.